The van der Waals surface area contributed by atoms with Crippen LogP contribution in [0.5, 0.6) is 11.5 Å². The van der Waals surface area contributed by atoms with Gasteiger partial charge in [0.05, 0.1) is 30.3 Å². The Balaban J connectivity index is 1.89. The highest BCUT2D eigenvalue weighted by molar-refractivity contribution is 7.19. The highest BCUT2D eigenvalue weighted by atomic mass is 35.5. The molecular formula is C21H17Cl2N3O2S. The fourth-order valence-electron chi connectivity index (χ4n) is 3.19. The van der Waals surface area contributed by atoms with Crippen molar-refractivity contribution in [1.82, 2.24) is 9.97 Å². The number of aryl methyl sites for hydroxylation is 1. The van der Waals surface area contributed by atoms with Crippen LogP contribution in [0.15, 0.2) is 42.7 Å². The van der Waals surface area contributed by atoms with E-state index in [9.17, 15) is 0 Å². The number of anilines is 2. The lowest BCUT2D eigenvalue weighted by molar-refractivity contribution is 0.405. The molecule has 0 saturated carbocycles. The van der Waals surface area contributed by atoms with Gasteiger partial charge in [-0.05, 0) is 24.6 Å². The Morgan fingerprint density at radius 2 is 1.69 bits per heavy atom. The zero-order valence-corrected chi connectivity index (χ0v) is 18.2. The van der Waals surface area contributed by atoms with Gasteiger partial charge in [-0.15, -0.1) is 11.3 Å². The van der Waals surface area contributed by atoms with Crippen LogP contribution in [-0.2, 0) is 0 Å². The van der Waals surface area contributed by atoms with Crippen LogP contribution >= 0.6 is 34.5 Å². The van der Waals surface area contributed by atoms with Gasteiger partial charge < -0.3 is 14.8 Å². The number of rotatable bonds is 5. The van der Waals surface area contributed by atoms with E-state index < -0.39 is 0 Å². The zero-order valence-electron chi connectivity index (χ0n) is 15.9. The van der Waals surface area contributed by atoms with Gasteiger partial charge in [-0.3, -0.25) is 0 Å². The van der Waals surface area contributed by atoms with Crippen LogP contribution in [0.1, 0.15) is 4.88 Å². The molecule has 0 radical (unpaired) electrons. The summed E-state index contributed by atoms with van der Waals surface area (Å²) in [6.07, 6.45) is 1.55. The number of methoxy groups -OCH3 is 2. The van der Waals surface area contributed by atoms with Crippen LogP contribution in [0, 0.1) is 6.92 Å². The minimum atomic E-state index is 0.468. The predicted octanol–water partition coefficient (Wildman–Crippen LogP) is 6.73. The van der Waals surface area contributed by atoms with Crippen LogP contribution in [0.3, 0.4) is 0 Å². The average molecular weight is 446 g/mol. The first-order chi connectivity index (χ1) is 14.0. The van der Waals surface area contributed by atoms with Crippen molar-refractivity contribution in [2.24, 2.45) is 0 Å². The largest absolute Gasteiger partial charge is 0.495 e. The van der Waals surface area contributed by atoms with Crippen LogP contribution < -0.4 is 14.8 Å². The highest BCUT2D eigenvalue weighted by Gasteiger charge is 2.18. The predicted molar refractivity (Wildman–Crippen MR) is 120 cm³/mol. The van der Waals surface area contributed by atoms with E-state index in [1.54, 1.807) is 44.0 Å². The van der Waals surface area contributed by atoms with Gasteiger partial charge in [-0.1, -0.05) is 35.3 Å². The number of ether oxygens (including phenoxy) is 2. The number of nitrogens with one attached hydrogen (secondary N) is 1. The molecule has 0 spiro atoms. The summed E-state index contributed by atoms with van der Waals surface area (Å²) < 4.78 is 10.8. The first-order valence-electron chi connectivity index (χ1n) is 8.70. The van der Waals surface area contributed by atoms with Crippen molar-refractivity contribution < 1.29 is 9.47 Å². The maximum Gasteiger partial charge on any atom is 0.144 e. The van der Waals surface area contributed by atoms with Gasteiger partial charge in [0.1, 0.15) is 28.5 Å². The van der Waals surface area contributed by atoms with Gasteiger partial charge in [-0.25, -0.2) is 9.97 Å². The highest BCUT2D eigenvalue weighted by Crippen LogP contribution is 2.43. The van der Waals surface area contributed by atoms with E-state index in [0.717, 1.165) is 26.2 Å². The number of nitrogens with zero attached hydrogens (tertiary/aromatic N) is 2. The summed E-state index contributed by atoms with van der Waals surface area (Å²) in [6, 6.07) is 11.3. The van der Waals surface area contributed by atoms with Gasteiger partial charge in [0, 0.05) is 27.6 Å². The lowest BCUT2D eigenvalue weighted by Crippen LogP contribution is -1.99. The van der Waals surface area contributed by atoms with Crippen molar-refractivity contribution in [3.8, 4) is 22.6 Å². The van der Waals surface area contributed by atoms with Crippen molar-refractivity contribution in [1.29, 1.82) is 0 Å². The first kappa shape index (κ1) is 19.8. The van der Waals surface area contributed by atoms with E-state index in [-0.39, 0.29) is 0 Å². The van der Waals surface area contributed by atoms with E-state index in [1.807, 2.05) is 24.3 Å². The summed E-state index contributed by atoms with van der Waals surface area (Å²) >= 11 is 13.9. The summed E-state index contributed by atoms with van der Waals surface area (Å²) in [6.45, 7) is 2.08. The SMILES string of the molecule is COc1cc(Nc2ncnc3sc(C)c(-c4ccc(Cl)cc4)c23)c(OC)cc1Cl. The average Bonchev–Trinajstić information content (AvgIpc) is 3.06. The fraction of sp³-hybridized carbons (Fsp3) is 0.143. The molecule has 0 saturated heterocycles. The Hall–Kier alpha value is -2.54. The molecule has 148 valence electrons. The van der Waals surface area contributed by atoms with E-state index in [4.69, 9.17) is 32.7 Å². The van der Waals surface area contributed by atoms with Crippen LogP contribution in [0.2, 0.25) is 10.0 Å². The Kier molecular flexibility index (Phi) is 5.50. The smallest absolute Gasteiger partial charge is 0.144 e. The second kappa shape index (κ2) is 8.06. The molecule has 0 aliphatic carbocycles. The van der Waals surface area contributed by atoms with E-state index >= 15 is 0 Å². The van der Waals surface area contributed by atoms with E-state index in [0.29, 0.717) is 33.0 Å². The number of thiophene rings is 1. The second-order valence-corrected chi connectivity index (χ2v) is 8.30. The van der Waals surface area contributed by atoms with Crippen LogP contribution in [0.4, 0.5) is 11.5 Å². The summed E-state index contributed by atoms with van der Waals surface area (Å²) in [7, 11) is 3.16. The molecule has 0 aliphatic rings. The Bertz CT molecular complexity index is 1190. The molecule has 2 heterocycles. The molecule has 5 nitrogen and oxygen atoms in total. The molecule has 2 aromatic carbocycles. The Morgan fingerprint density at radius 3 is 2.38 bits per heavy atom. The van der Waals surface area contributed by atoms with Gasteiger partial charge in [0.2, 0.25) is 0 Å². The zero-order chi connectivity index (χ0) is 20.5. The number of aromatic nitrogens is 2. The molecule has 4 aromatic rings. The second-order valence-electron chi connectivity index (χ2n) is 6.25. The van der Waals surface area contributed by atoms with Crippen LogP contribution in [0.25, 0.3) is 21.3 Å². The van der Waals surface area contributed by atoms with Crippen molar-refractivity contribution in [3.05, 3.63) is 57.6 Å². The molecule has 0 amide bonds. The van der Waals surface area contributed by atoms with Crippen molar-refractivity contribution in [2.75, 3.05) is 19.5 Å². The fourth-order valence-corrected chi connectivity index (χ4v) is 4.56. The number of benzene rings is 2. The first-order valence-corrected chi connectivity index (χ1v) is 10.3. The summed E-state index contributed by atoms with van der Waals surface area (Å²) in [4.78, 5) is 11.0. The number of hydrogen-bond donors (Lipinski definition) is 1. The Morgan fingerprint density at radius 1 is 0.966 bits per heavy atom. The lowest BCUT2D eigenvalue weighted by Gasteiger charge is -2.14. The molecule has 4 rings (SSSR count). The standard InChI is InChI=1S/C21H17Cl2N3O2S/c1-11-18(12-4-6-13(22)7-5-12)19-20(24-10-25-21(19)29-11)26-15-9-16(27-2)14(23)8-17(15)28-3/h4-10H,1-3H3,(H,24,25,26). The van der Waals surface area contributed by atoms with Gasteiger partial charge >= 0.3 is 0 Å². The van der Waals surface area contributed by atoms with Gasteiger partial charge in [0.15, 0.2) is 0 Å². The van der Waals surface area contributed by atoms with E-state index in [2.05, 4.69) is 22.2 Å². The quantitative estimate of drug-likeness (QED) is 0.368. The normalized spacial score (nSPS) is 10.9. The number of hydrogen-bond acceptors (Lipinski definition) is 6. The molecule has 0 fully saturated rings. The van der Waals surface area contributed by atoms with Gasteiger partial charge in [-0.2, -0.15) is 0 Å². The molecule has 1 N–H and O–H groups in total. The molecular weight excluding hydrogens is 429 g/mol. The van der Waals surface area contributed by atoms with Gasteiger partial charge in [0.25, 0.3) is 0 Å². The minimum Gasteiger partial charge on any atom is -0.495 e. The molecule has 0 bridgehead atoms. The maximum absolute atomic E-state index is 6.23. The lowest BCUT2D eigenvalue weighted by atomic mass is 10.0. The molecule has 29 heavy (non-hydrogen) atoms. The topological polar surface area (TPSA) is 56.3 Å². The number of halogens is 2. The van der Waals surface area contributed by atoms with E-state index in [1.165, 1.54) is 0 Å². The summed E-state index contributed by atoms with van der Waals surface area (Å²) in [5.41, 5.74) is 2.82. The van der Waals surface area contributed by atoms with Crippen molar-refractivity contribution in [3.63, 3.8) is 0 Å². The monoisotopic (exact) mass is 445 g/mol. The molecule has 8 heteroatoms. The third kappa shape index (κ3) is 3.71. The Labute approximate surface area is 182 Å². The molecule has 2 aromatic heterocycles. The molecule has 0 unspecified atom stereocenters. The van der Waals surface area contributed by atoms with Crippen molar-refractivity contribution >= 4 is 56.3 Å². The number of fused-ring (bicyclic) bond motifs is 1. The third-order valence-electron chi connectivity index (χ3n) is 4.52. The van der Waals surface area contributed by atoms with Crippen molar-refractivity contribution in [2.45, 2.75) is 6.92 Å². The summed E-state index contributed by atoms with van der Waals surface area (Å²) in [5.74, 6) is 1.80. The van der Waals surface area contributed by atoms with Crippen LogP contribution in [-0.4, -0.2) is 24.2 Å². The summed E-state index contributed by atoms with van der Waals surface area (Å²) in [5, 5.41) is 5.47. The molecule has 0 atom stereocenters. The maximum atomic E-state index is 6.23. The minimum absolute atomic E-state index is 0.468. The third-order valence-corrected chi connectivity index (χ3v) is 6.08. The molecule has 0 aliphatic heterocycles.